The summed E-state index contributed by atoms with van der Waals surface area (Å²) < 4.78 is 27.2. The van der Waals surface area contributed by atoms with Crippen LogP contribution in [0.1, 0.15) is 48.3 Å². The minimum absolute atomic E-state index is 0.142. The molecule has 1 aliphatic carbocycles. The number of sulfonamides is 1. The van der Waals surface area contributed by atoms with Crippen LogP contribution in [0.15, 0.2) is 11.0 Å². The van der Waals surface area contributed by atoms with E-state index in [9.17, 15) is 8.42 Å². The molecule has 2 N–H and O–H groups in total. The highest BCUT2D eigenvalue weighted by Gasteiger charge is 2.30. The van der Waals surface area contributed by atoms with Crippen molar-refractivity contribution in [1.82, 2.24) is 4.31 Å². The number of thiophene rings is 1. The number of aryl methyl sites for hydroxylation is 1. The molecular formula is C14H24N2O2S2. The lowest BCUT2D eigenvalue weighted by molar-refractivity contribution is 0.335. The fourth-order valence-electron chi connectivity index (χ4n) is 2.85. The summed E-state index contributed by atoms with van der Waals surface area (Å²) in [6.45, 7) is 2.26. The molecule has 1 aliphatic rings. The Balaban J connectivity index is 2.25. The van der Waals surface area contributed by atoms with E-state index in [0.29, 0.717) is 11.4 Å². The SMILES string of the molecule is Cc1sc(CN)cc1S(=O)(=O)N(C)C1CCCCCC1. The fraction of sp³-hybridized carbons (Fsp3) is 0.714. The van der Waals surface area contributed by atoms with Crippen molar-refractivity contribution in [2.24, 2.45) is 5.73 Å². The third-order valence-electron chi connectivity index (χ3n) is 4.12. The molecule has 6 heteroatoms. The van der Waals surface area contributed by atoms with Gasteiger partial charge in [-0.15, -0.1) is 11.3 Å². The van der Waals surface area contributed by atoms with Crippen molar-refractivity contribution in [3.63, 3.8) is 0 Å². The molecule has 0 saturated heterocycles. The molecule has 1 aromatic heterocycles. The summed E-state index contributed by atoms with van der Waals surface area (Å²) in [5, 5.41) is 0. The van der Waals surface area contributed by atoms with Gasteiger partial charge >= 0.3 is 0 Å². The van der Waals surface area contributed by atoms with E-state index >= 15 is 0 Å². The van der Waals surface area contributed by atoms with E-state index in [1.807, 2.05) is 6.92 Å². The van der Waals surface area contributed by atoms with Crippen LogP contribution in [0.2, 0.25) is 0 Å². The van der Waals surface area contributed by atoms with Gasteiger partial charge in [-0.2, -0.15) is 4.31 Å². The first-order chi connectivity index (χ1) is 9.46. The summed E-state index contributed by atoms with van der Waals surface area (Å²) in [6, 6.07) is 1.88. The van der Waals surface area contributed by atoms with Crippen LogP contribution in [-0.4, -0.2) is 25.8 Å². The highest BCUT2D eigenvalue weighted by Crippen LogP contribution is 2.31. The van der Waals surface area contributed by atoms with Crippen molar-refractivity contribution < 1.29 is 8.42 Å². The second-order valence-electron chi connectivity index (χ2n) is 5.50. The fourth-order valence-corrected chi connectivity index (χ4v) is 5.75. The van der Waals surface area contributed by atoms with Gasteiger partial charge in [0.1, 0.15) is 0 Å². The normalized spacial score (nSPS) is 18.4. The van der Waals surface area contributed by atoms with Crippen molar-refractivity contribution in [2.45, 2.75) is 62.9 Å². The minimum Gasteiger partial charge on any atom is -0.326 e. The van der Waals surface area contributed by atoms with Crippen LogP contribution in [-0.2, 0) is 16.6 Å². The van der Waals surface area contributed by atoms with Gasteiger partial charge in [-0.05, 0) is 25.8 Å². The van der Waals surface area contributed by atoms with Crippen LogP contribution < -0.4 is 5.73 Å². The molecule has 0 atom stereocenters. The number of nitrogens with two attached hydrogens (primary N) is 1. The van der Waals surface area contributed by atoms with Gasteiger partial charge in [-0.25, -0.2) is 8.42 Å². The van der Waals surface area contributed by atoms with Gasteiger partial charge in [0.15, 0.2) is 0 Å². The molecule has 1 fully saturated rings. The van der Waals surface area contributed by atoms with Crippen molar-refractivity contribution in [1.29, 1.82) is 0 Å². The van der Waals surface area contributed by atoms with Crippen molar-refractivity contribution in [3.8, 4) is 0 Å². The summed E-state index contributed by atoms with van der Waals surface area (Å²) in [5.41, 5.74) is 5.62. The maximum absolute atomic E-state index is 12.8. The molecule has 2 rings (SSSR count). The van der Waals surface area contributed by atoms with Crippen LogP contribution in [0.3, 0.4) is 0 Å². The van der Waals surface area contributed by atoms with Crippen LogP contribution in [0.4, 0.5) is 0 Å². The zero-order valence-corrected chi connectivity index (χ0v) is 13.9. The summed E-state index contributed by atoms with van der Waals surface area (Å²) in [4.78, 5) is 2.20. The summed E-state index contributed by atoms with van der Waals surface area (Å²) in [6.07, 6.45) is 6.64. The number of hydrogen-bond donors (Lipinski definition) is 1. The smallest absolute Gasteiger partial charge is 0.244 e. The first-order valence-corrected chi connectivity index (χ1v) is 9.50. The van der Waals surface area contributed by atoms with E-state index in [1.165, 1.54) is 24.2 Å². The molecule has 1 saturated carbocycles. The Kier molecular flexibility index (Phi) is 5.23. The number of rotatable bonds is 4. The third kappa shape index (κ3) is 3.24. The first-order valence-electron chi connectivity index (χ1n) is 7.24. The number of hydrogen-bond acceptors (Lipinski definition) is 4. The standard InChI is InChI=1S/C14H24N2O2S2/c1-11-14(9-13(10-15)19-11)20(17,18)16(2)12-7-5-3-4-6-8-12/h9,12H,3-8,10,15H2,1-2H3. The second-order valence-corrected chi connectivity index (χ2v) is 8.81. The predicted octanol–water partition coefficient (Wildman–Crippen LogP) is 2.86. The van der Waals surface area contributed by atoms with E-state index in [1.54, 1.807) is 17.4 Å². The van der Waals surface area contributed by atoms with Crippen molar-refractivity contribution in [3.05, 3.63) is 15.8 Å². The lowest BCUT2D eigenvalue weighted by Gasteiger charge is -2.26. The minimum atomic E-state index is -3.39. The molecule has 0 amide bonds. The Morgan fingerprint density at radius 2 is 1.90 bits per heavy atom. The number of nitrogens with zero attached hydrogens (tertiary/aromatic N) is 1. The second kappa shape index (κ2) is 6.56. The molecule has 0 bridgehead atoms. The van der Waals surface area contributed by atoms with Gasteiger partial charge in [0.2, 0.25) is 10.0 Å². The largest absolute Gasteiger partial charge is 0.326 e. The van der Waals surface area contributed by atoms with E-state index in [4.69, 9.17) is 5.73 Å². The average Bonchev–Trinajstić information content (AvgIpc) is 2.64. The summed E-state index contributed by atoms with van der Waals surface area (Å²) >= 11 is 1.48. The summed E-state index contributed by atoms with van der Waals surface area (Å²) in [5.74, 6) is 0. The highest BCUT2D eigenvalue weighted by atomic mass is 32.2. The van der Waals surface area contributed by atoms with Crippen LogP contribution >= 0.6 is 11.3 Å². The third-order valence-corrected chi connectivity index (χ3v) is 7.36. The van der Waals surface area contributed by atoms with Crippen LogP contribution in [0.5, 0.6) is 0 Å². The van der Waals surface area contributed by atoms with Gasteiger partial charge < -0.3 is 5.73 Å². The Morgan fingerprint density at radius 1 is 1.30 bits per heavy atom. The maximum atomic E-state index is 12.8. The van der Waals surface area contributed by atoms with Gasteiger partial charge in [-0.3, -0.25) is 0 Å². The van der Waals surface area contributed by atoms with Crippen LogP contribution in [0.25, 0.3) is 0 Å². The lowest BCUT2D eigenvalue weighted by atomic mass is 10.1. The average molecular weight is 316 g/mol. The van der Waals surface area contributed by atoms with Gasteiger partial charge in [-0.1, -0.05) is 25.7 Å². The predicted molar refractivity (Wildman–Crippen MR) is 83.4 cm³/mol. The van der Waals surface area contributed by atoms with E-state index < -0.39 is 10.0 Å². The van der Waals surface area contributed by atoms with E-state index in [0.717, 1.165) is 35.4 Å². The molecule has 1 heterocycles. The zero-order chi connectivity index (χ0) is 14.8. The molecule has 1 aromatic rings. The van der Waals surface area contributed by atoms with Crippen LogP contribution in [0, 0.1) is 6.92 Å². The molecule has 0 spiro atoms. The van der Waals surface area contributed by atoms with Crippen molar-refractivity contribution >= 4 is 21.4 Å². The molecule has 4 nitrogen and oxygen atoms in total. The topological polar surface area (TPSA) is 63.4 Å². The molecule has 0 unspecified atom stereocenters. The van der Waals surface area contributed by atoms with Gasteiger partial charge in [0, 0.05) is 29.4 Å². The monoisotopic (exact) mass is 316 g/mol. The van der Waals surface area contributed by atoms with E-state index in [2.05, 4.69) is 0 Å². The quantitative estimate of drug-likeness (QED) is 0.869. The molecule has 0 aliphatic heterocycles. The Labute approximate surface area is 126 Å². The van der Waals surface area contributed by atoms with Gasteiger partial charge in [0.25, 0.3) is 0 Å². The van der Waals surface area contributed by atoms with Crippen molar-refractivity contribution in [2.75, 3.05) is 7.05 Å². The maximum Gasteiger partial charge on any atom is 0.244 e. The zero-order valence-electron chi connectivity index (χ0n) is 12.3. The first kappa shape index (κ1) is 15.9. The molecule has 20 heavy (non-hydrogen) atoms. The lowest BCUT2D eigenvalue weighted by Crippen LogP contribution is -2.36. The van der Waals surface area contributed by atoms with Gasteiger partial charge in [0.05, 0.1) is 4.90 Å². The molecule has 0 aromatic carbocycles. The highest BCUT2D eigenvalue weighted by molar-refractivity contribution is 7.89. The summed E-state index contributed by atoms with van der Waals surface area (Å²) in [7, 11) is -1.66. The molecular weight excluding hydrogens is 292 g/mol. The molecule has 0 radical (unpaired) electrons. The Bertz CT molecular complexity index is 544. The Hall–Kier alpha value is -0.430. The van der Waals surface area contributed by atoms with E-state index in [-0.39, 0.29) is 6.04 Å². The molecule has 114 valence electrons. The Morgan fingerprint density at radius 3 is 2.40 bits per heavy atom.